The zero-order valence-electron chi connectivity index (χ0n) is 18.1. The third kappa shape index (κ3) is 3.96. The highest BCUT2D eigenvalue weighted by Crippen LogP contribution is 2.31. The van der Waals surface area contributed by atoms with Gasteiger partial charge in [-0.2, -0.15) is 0 Å². The Morgan fingerprint density at radius 1 is 1.03 bits per heavy atom. The summed E-state index contributed by atoms with van der Waals surface area (Å²) in [6.45, 7) is 5.81. The molecular weight excluding hydrogens is 424 g/mol. The average molecular weight is 449 g/mol. The van der Waals surface area contributed by atoms with Crippen LogP contribution in [0.1, 0.15) is 41.5 Å². The molecule has 7 heteroatoms. The first-order chi connectivity index (χ1) is 15.6. The summed E-state index contributed by atoms with van der Waals surface area (Å²) in [6, 6.07) is 16.3. The maximum absolute atomic E-state index is 12.8. The van der Waals surface area contributed by atoms with E-state index in [1.54, 1.807) is 6.92 Å². The van der Waals surface area contributed by atoms with Crippen LogP contribution in [0.2, 0.25) is 5.15 Å². The molecule has 3 heterocycles. The zero-order chi connectivity index (χ0) is 22.1. The van der Waals surface area contributed by atoms with E-state index in [-0.39, 0.29) is 17.6 Å². The summed E-state index contributed by atoms with van der Waals surface area (Å²) < 4.78 is 7.22. The maximum Gasteiger partial charge on any atom is 0.374 e. The Kier molecular flexibility index (Phi) is 5.81. The molecule has 6 nitrogen and oxygen atoms in total. The molecule has 1 aliphatic heterocycles. The Labute approximate surface area is 191 Å². The summed E-state index contributed by atoms with van der Waals surface area (Å²) in [6.07, 6.45) is 2.54. The van der Waals surface area contributed by atoms with Crippen molar-refractivity contribution in [2.45, 2.75) is 32.9 Å². The Bertz CT molecular complexity index is 1290. The second-order valence-corrected chi connectivity index (χ2v) is 8.52. The van der Waals surface area contributed by atoms with Crippen LogP contribution in [0.5, 0.6) is 0 Å². The number of fused-ring (bicyclic) bond motifs is 3. The molecule has 0 amide bonds. The highest BCUT2D eigenvalue weighted by Gasteiger charge is 2.23. The third-order valence-electron chi connectivity index (χ3n) is 5.94. The number of carbonyl (C=O) groups is 1. The van der Waals surface area contributed by atoms with Crippen molar-refractivity contribution in [2.75, 3.05) is 19.7 Å². The van der Waals surface area contributed by atoms with Crippen molar-refractivity contribution >= 4 is 39.5 Å². The molecule has 4 aromatic rings. The Morgan fingerprint density at radius 3 is 2.56 bits per heavy atom. The van der Waals surface area contributed by atoms with Crippen molar-refractivity contribution in [3.63, 3.8) is 0 Å². The minimum atomic E-state index is -0.461. The lowest BCUT2D eigenvalue weighted by Crippen LogP contribution is -2.18. The van der Waals surface area contributed by atoms with Crippen molar-refractivity contribution < 1.29 is 9.53 Å². The van der Waals surface area contributed by atoms with E-state index in [1.807, 2.05) is 28.8 Å². The molecule has 2 aromatic carbocycles. The molecule has 0 saturated carbocycles. The van der Waals surface area contributed by atoms with Crippen LogP contribution in [0.4, 0.5) is 0 Å². The molecule has 32 heavy (non-hydrogen) atoms. The highest BCUT2D eigenvalue weighted by molar-refractivity contribution is 6.35. The second kappa shape index (κ2) is 8.88. The summed E-state index contributed by atoms with van der Waals surface area (Å²) in [4.78, 5) is 24.3. The molecule has 1 aliphatic rings. The van der Waals surface area contributed by atoms with Gasteiger partial charge in [-0.3, -0.25) is 4.90 Å². The summed E-state index contributed by atoms with van der Waals surface area (Å²) in [7, 11) is 0. The van der Waals surface area contributed by atoms with E-state index in [2.05, 4.69) is 39.1 Å². The molecule has 0 unspecified atom stereocenters. The lowest BCUT2D eigenvalue weighted by molar-refractivity contribution is 0.0507. The zero-order valence-corrected chi connectivity index (χ0v) is 18.8. The van der Waals surface area contributed by atoms with Crippen LogP contribution in [0.25, 0.3) is 21.9 Å². The summed E-state index contributed by atoms with van der Waals surface area (Å²) >= 11 is 6.48. The normalized spacial score (nSPS) is 14.4. The van der Waals surface area contributed by atoms with Gasteiger partial charge in [0.2, 0.25) is 5.82 Å². The molecule has 5 rings (SSSR count). The van der Waals surface area contributed by atoms with Crippen LogP contribution in [0.15, 0.2) is 48.5 Å². The van der Waals surface area contributed by atoms with E-state index < -0.39 is 5.97 Å². The number of hydrogen-bond acceptors (Lipinski definition) is 5. The largest absolute Gasteiger partial charge is 0.460 e. The number of esters is 1. The average Bonchev–Trinajstić information content (AvgIpc) is 3.43. The molecule has 0 N–H and O–H groups in total. The number of imidazole rings is 1. The van der Waals surface area contributed by atoms with Crippen LogP contribution in [0, 0.1) is 0 Å². The second-order valence-electron chi connectivity index (χ2n) is 8.16. The predicted molar refractivity (Wildman–Crippen MR) is 126 cm³/mol. The quantitative estimate of drug-likeness (QED) is 0.305. The third-order valence-corrected chi connectivity index (χ3v) is 6.20. The van der Waals surface area contributed by atoms with Gasteiger partial charge >= 0.3 is 5.97 Å². The fourth-order valence-electron chi connectivity index (χ4n) is 4.51. The number of pyridine rings is 1. The van der Waals surface area contributed by atoms with Gasteiger partial charge in [0.1, 0.15) is 5.52 Å². The van der Waals surface area contributed by atoms with Crippen molar-refractivity contribution in [2.24, 2.45) is 0 Å². The lowest BCUT2D eigenvalue weighted by atomic mass is 10.1. The first-order valence-corrected chi connectivity index (χ1v) is 11.4. The Balaban J connectivity index is 1.62. The molecule has 164 valence electrons. The van der Waals surface area contributed by atoms with Crippen molar-refractivity contribution in [3.8, 4) is 0 Å². The molecule has 0 aliphatic carbocycles. The van der Waals surface area contributed by atoms with Crippen LogP contribution in [-0.2, 0) is 17.8 Å². The minimum absolute atomic E-state index is 0.242. The molecule has 2 aromatic heterocycles. The standard InChI is InChI=1S/C25H25ClN4O2/c1-2-32-25(31)24-28-21-22(19-10-3-4-11-20(19)27-23(21)26)30(24)16-18-9-7-8-17(14-18)15-29-12-5-6-13-29/h3-4,7-11,14H,2,5-6,12-13,15-16H2,1H3. The molecule has 1 saturated heterocycles. The van der Waals surface area contributed by atoms with Gasteiger partial charge in [-0.05, 0) is 50.0 Å². The monoisotopic (exact) mass is 448 g/mol. The number of nitrogens with zero attached hydrogens (tertiary/aromatic N) is 4. The fraction of sp³-hybridized carbons (Fsp3) is 0.320. The van der Waals surface area contributed by atoms with Crippen molar-refractivity contribution in [3.05, 3.63) is 70.6 Å². The van der Waals surface area contributed by atoms with Gasteiger partial charge < -0.3 is 9.30 Å². The fourth-order valence-corrected chi connectivity index (χ4v) is 4.74. The number of carbonyl (C=O) groups excluding carboxylic acids is 1. The predicted octanol–water partition coefficient (Wildman–Crippen LogP) is 5.06. The number of rotatable bonds is 6. The van der Waals surface area contributed by atoms with Crippen LogP contribution >= 0.6 is 11.6 Å². The van der Waals surface area contributed by atoms with Crippen LogP contribution in [0.3, 0.4) is 0 Å². The minimum Gasteiger partial charge on any atom is -0.460 e. The Hall–Kier alpha value is -2.96. The molecule has 0 radical (unpaired) electrons. The molecular formula is C25H25ClN4O2. The number of likely N-dealkylation sites (tertiary alicyclic amines) is 1. The van der Waals surface area contributed by atoms with Gasteiger partial charge in [0, 0.05) is 18.5 Å². The maximum atomic E-state index is 12.8. The summed E-state index contributed by atoms with van der Waals surface area (Å²) in [5.74, 6) is -0.219. The van der Waals surface area contributed by atoms with E-state index in [1.165, 1.54) is 18.4 Å². The number of aromatic nitrogens is 3. The van der Waals surface area contributed by atoms with Gasteiger partial charge in [-0.15, -0.1) is 0 Å². The topological polar surface area (TPSA) is 60.2 Å². The van der Waals surface area contributed by atoms with Crippen LogP contribution in [-0.4, -0.2) is 45.1 Å². The van der Waals surface area contributed by atoms with E-state index in [4.69, 9.17) is 16.3 Å². The highest BCUT2D eigenvalue weighted by atomic mass is 35.5. The van der Waals surface area contributed by atoms with E-state index in [0.717, 1.165) is 41.6 Å². The Morgan fingerprint density at radius 2 is 1.78 bits per heavy atom. The smallest absolute Gasteiger partial charge is 0.374 e. The number of hydrogen-bond donors (Lipinski definition) is 0. The van der Waals surface area contributed by atoms with Crippen molar-refractivity contribution in [1.29, 1.82) is 0 Å². The first-order valence-electron chi connectivity index (χ1n) is 11.1. The van der Waals surface area contributed by atoms with Gasteiger partial charge in [-0.1, -0.05) is 54.1 Å². The molecule has 0 spiro atoms. The molecule has 0 atom stereocenters. The SMILES string of the molecule is CCOC(=O)c1nc2c(Cl)nc3ccccc3c2n1Cc1cccc(CN2CCCC2)c1. The number of ether oxygens (including phenoxy) is 1. The first kappa shape index (κ1) is 20.9. The number of para-hydroxylation sites is 1. The van der Waals surface area contributed by atoms with Crippen LogP contribution < -0.4 is 0 Å². The van der Waals surface area contributed by atoms with E-state index in [0.29, 0.717) is 12.1 Å². The number of benzene rings is 2. The molecule has 0 bridgehead atoms. The molecule has 1 fully saturated rings. The van der Waals surface area contributed by atoms with Gasteiger partial charge in [0.15, 0.2) is 5.15 Å². The lowest BCUT2D eigenvalue weighted by Gasteiger charge is -2.16. The van der Waals surface area contributed by atoms with Gasteiger partial charge in [0.05, 0.1) is 17.6 Å². The summed E-state index contributed by atoms with van der Waals surface area (Å²) in [5.41, 5.74) is 4.46. The van der Waals surface area contributed by atoms with Gasteiger partial charge in [-0.25, -0.2) is 14.8 Å². The van der Waals surface area contributed by atoms with E-state index >= 15 is 0 Å². The number of halogens is 1. The summed E-state index contributed by atoms with van der Waals surface area (Å²) in [5, 5.41) is 1.19. The van der Waals surface area contributed by atoms with Crippen molar-refractivity contribution in [1.82, 2.24) is 19.4 Å². The van der Waals surface area contributed by atoms with Gasteiger partial charge in [0.25, 0.3) is 0 Å². The van der Waals surface area contributed by atoms with E-state index in [9.17, 15) is 4.79 Å².